The highest BCUT2D eigenvalue weighted by atomic mass is 16.5. The van der Waals surface area contributed by atoms with E-state index >= 15 is 0 Å². The lowest BCUT2D eigenvalue weighted by Crippen LogP contribution is -2.48. The van der Waals surface area contributed by atoms with Gasteiger partial charge in [0.25, 0.3) is 0 Å². The lowest BCUT2D eigenvalue weighted by atomic mass is 9.68. The maximum absolute atomic E-state index is 11.8. The van der Waals surface area contributed by atoms with Crippen molar-refractivity contribution < 1.29 is 14.3 Å². The second-order valence-electron chi connectivity index (χ2n) is 8.13. The molecule has 3 rings (SSSR count). The number of rotatable bonds is 6. The number of nitrogens with two attached hydrogens (primary N) is 1. The number of likely N-dealkylation sites (tertiary alicyclic amines) is 1. The zero-order chi connectivity index (χ0) is 18.9. The molecule has 2 fully saturated rings. The zero-order valence-electron chi connectivity index (χ0n) is 16.0. The van der Waals surface area contributed by atoms with Gasteiger partial charge in [0.2, 0.25) is 5.91 Å². The summed E-state index contributed by atoms with van der Waals surface area (Å²) in [4.78, 5) is 25.8. The van der Waals surface area contributed by atoms with E-state index in [1.807, 2.05) is 19.1 Å². The van der Waals surface area contributed by atoms with Gasteiger partial charge in [-0.2, -0.15) is 0 Å². The normalized spacial score (nSPS) is 31.4. The summed E-state index contributed by atoms with van der Waals surface area (Å²) in [5.74, 6) is 0.601. The maximum Gasteiger partial charge on any atom is 0.309 e. The molecule has 2 unspecified atom stereocenters. The first-order valence-electron chi connectivity index (χ1n) is 9.64. The van der Waals surface area contributed by atoms with Crippen LogP contribution in [0.15, 0.2) is 24.3 Å². The van der Waals surface area contributed by atoms with Crippen molar-refractivity contribution in [3.05, 3.63) is 35.4 Å². The maximum atomic E-state index is 11.8. The van der Waals surface area contributed by atoms with Crippen LogP contribution in [0.25, 0.3) is 0 Å². The minimum absolute atomic E-state index is 0.0318. The molecule has 26 heavy (non-hydrogen) atoms. The quantitative estimate of drug-likeness (QED) is 0.794. The predicted octanol–water partition coefficient (Wildman–Crippen LogP) is 2.58. The average Bonchev–Trinajstić information content (AvgIpc) is 3.38. The number of piperidine rings is 1. The first kappa shape index (κ1) is 18.9. The van der Waals surface area contributed by atoms with Crippen LogP contribution in [-0.2, 0) is 14.9 Å². The fraction of sp³-hybridized carbons (Fsp3) is 0.619. The number of ether oxygens (including phenoxy) is 1. The van der Waals surface area contributed by atoms with Gasteiger partial charge in [-0.1, -0.05) is 26.0 Å². The topological polar surface area (TPSA) is 72.6 Å². The first-order chi connectivity index (χ1) is 12.3. The molecule has 2 aliphatic rings. The second kappa shape index (κ2) is 7.39. The largest absolute Gasteiger partial charge is 0.466 e. The Labute approximate surface area is 155 Å². The van der Waals surface area contributed by atoms with E-state index in [0.29, 0.717) is 24.0 Å². The minimum atomic E-state index is -0.376. The lowest BCUT2D eigenvalue weighted by molar-refractivity contribution is -0.145. The summed E-state index contributed by atoms with van der Waals surface area (Å²) >= 11 is 0. The molecule has 2 N–H and O–H groups in total. The molecule has 1 saturated heterocycles. The van der Waals surface area contributed by atoms with Crippen molar-refractivity contribution in [1.29, 1.82) is 0 Å². The van der Waals surface area contributed by atoms with Crippen LogP contribution in [0, 0.1) is 17.8 Å². The number of hydrogen-bond donors (Lipinski definition) is 1. The molecule has 5 heteroatoms. The van der Waals surface area contributed by atoms with Crippen LogP contribution in [0.4, 0.5) is 0 Å². The van der Waals surface area contributed by atoms with Crippen molar-refractivity contribution in [2.75, 3.05) is 26.2 Å². The lowest BCUT2D eigenvalue weighted by Gasteiger charge is -2.45. The molecule has 4 atom stereocenters. The molecular formula is C21H30N2O3. The van der Waals surface area contributed by atoms with Crippen molar-refractivity contribution in [2.24, 2.45) is 23.5 Å². The van der Waals surface area contributed by atoms with Crippen molar-refractivity contribution in [3.63, 3.8) is 0 Å². The van der Waals surface area contributed by atoms with E-state index in [-0.39, 0.29) is 23.2 Å². The first-order valence-corrected chi connectivity index (χ1v) is 9.64. The Morgan fingerprint density at radius 1 is 1.38 bits per heavy atom. The number of primary amides is 1. The van der Waals surface area contributed by atoms with Gasteiger partial charge < -0.3 is 15.4 Å². The van der Waals surface area contributed by atoms with Crippen molar-refractivity contribution in [1.82, 2.24) is 4.90 Å². The Hall–Kier alpha value is -1.88. The Balaban J connectivity index is 1.61. The number of amides is 1. The van der Waals surface area contributed by atoms with Gasteiger partial charge in [0.1, 0.15) is 0 Å². The molecule has 1 aliphatic carbocycles. The van der Waals surface area contributed by atoms with Crippen LogP contribution in [-0.4, -0.2) is 43.0 Å². The highest BCUT2D eigenvalue weighted by Crippen LogP contribution is 2.43. The van der Waals surface area contributed by atoms with E-state index in [9.17, 15) is 9.59 Å². The monoisotopic (exact) mass is 358 g/mol. The molecule has 1 amide bonds. The smallest absolute Gasteiger partial charge is 0.309 e. The molecular weight excluding hydrogens is 328 g/mol. The fourth-order valence-electron chi connectivity index (χ4n) is 4.26. The van der Waals surface area contributed by atoms with E-state index in [1.54, 1.807) is 6.07 Å². The van der Waals surface area contributed by atoms with Crippen molar-refractivity contribution >= 4 is 11.9 Å². The zero-order valence-corrected chi connectivity index (χ0v) is 16.0. The number of nitrogens with zero attached hydrogens (tertiary/aromatic N) is 1. The number of carbonyl (C=O) groups excluding carboxylic acids is 2. The van der Waals surface area contributed by atoms with Crippen LogP contribution in [0.3, 0.4) is 0 Å². The SMILES string of the molecule is CCOC(=O)C1CC1CN1CC[C@@](C)(c2cccc(C(N)=O)c2)[C@@H](C)C1. The minimum Gasteiger partial charge on any atom is -0.466 e. The second-order valence-corrected chi connectivity index (χ2v) is 8.13. The highest BCUT2D eigenvalue weighted by molar-refractivity contribution is 5.92. The molecule has 142 valence electrons. The summed E-state index contributed by atoms with van der Waals surface area (Å²) in [6, 6.07) is 7.76. The molecule has 0 radical (unpaired) electrons. The third-order valence-corrected chi connectivity index (χ3v) is 6.38. The molecule has 1 aromatic carbocycles. The van der Waals surface area contributed by atoms with Gasteiger partial charge in [-0.05, 0) is 61.3 Å². The molecule has 1 aliphatic heterocycles. The van der Waals surface area contributed by atoms with Gasteiger partial charge in [0.05, 0.1) is 12.5 Å². The van der Waals surface area contributed by atoms with Crippen LogP contribution in [0.2, 0.25) is 0 Å². The third kappa shape index (κ3) is 3.78. The van der Waals surface area contributed by atoms with Crippen LogP contribution < -0.4 is 5.73 Å². The molecule has 1 heterocycles. The van der Waals surface area contributed by atoms with Crippen molar-refractivity contribution in [2.45, 2.75) is 39.0 Å². The number of hydrogen-bond acceptors (Lipinski definition) is 4. The summed E-state index contributed by atoms with van der Waals surface area (Å²) in [5, 5.41) is 0. The van der Waals surface area contributed by atoms with Gasteiger partial charge in [-0.3, -0.25) is 9.59 Å². The molecule has 0 aromatic heterocycles. The van der Waals surface area contributed by atoms with Crippen LogP contribution >= 0.6 is 0 Å². The van der Waals surface area contributed by atoms with E-state index in [2.05, 4.69) is 24.8 Å². The Morgan fingerprint density at radius 3 is 2.81 bits per heavy atom. The molecule has 1 aromatic rings. The van der Waals surface area contributed by atoms with E-state index in [4.69, 9.17) is 10.5 Å². The fourth-order valence-corrected chi connectivity index (χ4v) is 4.26. The van der Waals surface area contributed by atoms with E-state index in [0.717, 1.165) is 32.5 Å². The average molecular weight is 358 g/mol. The number of benzene rings is 1. The van der Waals surface area contributed by atoms with Gasteiger partial charge in [-0.25, -0.2) is 0 Å². The van der Waals surface area contributed by atoms with Crippen molar-refractivity contribution in [3.8, 4) is 0 Å². The summed E-state index contributed by atoms with van der Waals surface area (Å²) in [6.07, 6.45) is 1.99. The summed E-state index contributed by atoms with van der Waals surface area (Å²) in [6.45, 7) is 9.87. The molecule has 5 nitrogen and oxygen atoms in total. The van der Waals surface area contributed by atoms with E-state index in [1.165, 1.54) is 5.56 Å². The molecule has 0 bridgehead atoms. The Bertz CT molecular complexity index is 690. The molecule has 1 saturated carbocycles. The Kier molecular flexibility index (Phi) is 5.37. The van der Waals surface area contributed by atoms with Gasteiger partial charge >= 0.3 is 5.97 Å². The van der Waals surface area contributed by atoms with Crippen LogP contribution in [0.5, 0.6) is 0 Å². The summed E-state index contributed by atoms with van der Waals surface area (Å²) in [7, 11) is 0. The van der Waals surface area contributed by atoms with Gasteiger partial charge in [0, 0.05) is 18.7 Å². The van der Waals surface area contributed by atoms with Gasteiger partial charge in [-0.15, -0.1) is 0 Å². The number of carbonyl (C=O) groups is 2. The standard InChI is InChI=1S/C21H30N2O3/c1-4-26-20(25)18-11-16(18)13-23-9-8-21(3,14(2)12-23)17-7-5-6-15(10-17)19(22)24/h5-7,10,14,16,18H,4,8-9,11-13H2,1-3H3,(H2,22,24)/t14-,16?,18?,21+/m0/s1. The Morgan fingerprint density at radius 2 is 2.15 bits per heavy atom. The van der Waals surface area contributed by atoms with Crippen LogP contribution in [0.1, 0.15) is 49.5 Å². The number of esters is 1. The third-order valence-electron chi connectivity index (χ3n) is 6.38. The summed E-state index contributed by atoms with van der Waals surface area (Å²) in [5.41, 5.74) is 7.25. The highest BCUT2D eigenvalue weighted by Gasteiger charge is 2.46. The predicted molar refractivity (Wildman–Crippen MR) is 101 cm³/mol. The molecule has 0 spiro atoms. The van der Waals surface area contributed by atoms with Gasteiger partial charge in [0.15, 0.2) is 0 Å². The van der Waals surface area contributed by atoms with E-state index < -0.39 is 0 Å². The summed E-state index contributed by atoms with van der Waals surface area (Å²) < 4.78 is 5.13.